The summed E-state index contributed by atoms with van der Waals surface area (Å²) in [7, 11) is 0. The lowest BCUT2D eigenvalue weighted by atomic mass is 10.1. The van der Waals surface area contributed by atoms with Gasteiger partial charge in [-0.2, -0.15) is 4.99 Å². The average Bonchev–Trinajstić information content (AvgIpc) is 3.51. The summed E-state index contributed by atoms with van der Waals surface area (Å²) in [6, 6.07) is 10.8. The van der Waals surface area contributed by atoms with Gasteiger partial charge in [0.15, 0.2) is 10.6 Å². The van der Waals surface area contributed by atoms with E-state index in [2.05, 4.69) is 10.3 Å². The van der Waals surface area contributed by atoms with Crippen LogP contribution in [0.5, 0.6) is 0 Å². The molecule has 1 aliphatic heterocycles. The summed E-state index contributed by atoms with van der Waals surface area (Å²) in [5.74, 6) is 0.338. The van der Waals surface area contributed by atoms with E-state index in [9.17, 15) is 9.59 Å². The molecule has 0 spiro atoms. The van der Waals surface area contributed by atoms with Crippen molar-refractivity contribution in [1.29, 1.82) is 0 Å². The van der Waals surface area contributed by atoms with Crippen LogP contribution in [0.15, 0.2) is 51.2 Å². The van der Waals surface area contributed by atoms with Crippen LogP contribution in [0, 0.1) is 13.8 Å². The van der Waals surface area contributed by atoms with Gasteiger partial charge in [-0.05, 0) is 51.0 Å². The molecule has 4 rings (SSSR count). The van der Waals surface area contributed by atoms with Crippen LogP contribution in [0.4, 0.5) is 0 Å². The zero-order valence-corrected chi connectivity index (χ0v) is 18.4. The first-order valence-electron chi connectivity index (χ1n) is 10.3. The Morgan fingerprint density at radius 3 is 2.90 bits per heavy atom. The number of ether oxygens (including phenoxy) is 1. The van der Waals surface area contributed by atoms with Crippen molar-refractivity contribution in [2.75, 3.05) is 13.2 Å². The number of hydrogen-bond acceptors (Lipinski definition) is 5. The summed E-state index contributed by atoms with van der Waals surface area (Å²) in [6.07, 6.45) is 2.07. The molecule has 1 fully saturated rings. The van der Waals surface area contributed by atoms with Crippen LogP contribution in [0.1, 0.15) is 50.8 Å². The number of furan rings is 1. The van der Waals surface area contributed by atoms with Crippen LogP contribution in [-0.4, -0.2) is 35.6 Å². The Labute approximate surface area is 184 Å². The van der Waals surface area contributed by atoms with Gasteiger partial charge in [-0.1, -0.05) is 17.7 Å². The molecule has 2 aromatic heterocycles. The van der Waals surface area contributed by atoms with Gasteiger partial charge in [0.1, 0.15) is 5.76 Å². The number of aromatic nitrogens is 1. The third kappa shape index (κ3) is 5.21. The predicted octanol–water partition coefficient (Wildman–Crippen LogP) is 3.46. The number of thiazole rings is 1. The number of benzene rings is 1. The molecule has 0 radical (unpaired) electrons. The van der Waals surface area contributed by atoms with Crippen molar-refractivity contribution in [2.45, 2.75) is 39.3 Å². The molecule has 0 saturated carbocycles. The highest BCUT2D eigenvalue weighted by molar-refractivity contribution is 7.07. The molecule has 2 amide bonds. The van der Waals surface area contributed by atoms with Gasteiger partial charge < -0.3 is 19.0 Å². The SMILES string of the molecule is Cc1cccc(C(=O)N=c2scc(C)n2Cc2ccc(C(=O)NCC3CCCO3)o2)c1. The lowest BCUT2D eigenvalue weighted by molar-refractivity contribution is 0.0833. The predicted molar refractivity (Wildman–Crippen MR) is 117 cm³/mol. The van der Waals surface area contributed by atoms with Gasteiger partial charge >= 0.3 is 0 Å². The molecule has 1 atom stereocenters. The van der Waals surface area contributed by atoms with Crippen LogP contribution in [-0.2, 0) is 11.3 Å². The zero-order valence-electron chi connectivity index (χ0n) is 17.6. The Morgan fingerprint density at radius 2 is 2.13 bits per heavy atom. The van der Waals surface area contributed by atoms with Gasteiger partial charge in [-0.25, -0.2) is 0 Å². The summed E-state index contributed by atoms with van der Waals surface area (Å²) < 4.78 is 13.2. The number of aryl methyl sites for hydroxylation is 2. The van der Waals surface area contributed by atoms with Crippen molar-refractivity contribution in [1.82, 2.24) is 9.88 Å². The molecule has 0 aliphatic carbocycles. The summed E-state index contributed by atoms with van der Waals surface area (Å²) in [6.45, 7) is 5.51. The summed E-state index contributed by atoms with van der Waals surface area (Å²) >= 11 is 1.40. The van der Waals surface area contributed by atoms with Gasteiger partial charge in [0.25, 0.3) is 11.8 Å². The van der Waals surface area contributed by atoms with E-state index < -0.39 is 0 Å². The molecule has 7 nitrogen and oxygen atoms in total. The Balaban J connectivity index is 1.47. The molecule has 3 aromatic rings. The maximum absolute atomic E-state index is 12.6. The van der Waals surface area contributed by atoms with Crippen LogP contribution >= 0.6 is 11.3 Å². The highest BCUT2D eigenvalue weighted by atomic mass is 32.1. The fourth-order valence-corrected chi connectivity index (χ4v) is 4.34. The molecule has 8 heteroatoms. The van der Waals surface area contributed by atoms with Gasteiger partial charge in [0, 0.05) is 29.8 Å². The second kappa shape index (κ2) is 9.45. The first-order chi connectivity index (χ1) is 15.0. The van der Waals surface area contributed by atoms with E-state index in [1.54, 1.807) is 18.2 Å². The first kappa shape index (κ1) is 21.3. The van der Waals surface area contributed by atoms with Crippen LogP contribution < -0.4 is 10.1 Å². The van der Waals surface area contributed by atoms with Gasteiger partial charge in [0.2, 0.25) is 0 Å². The minimum Gasteiger partial charge on any atom is -0.454 e. The highest BCUT2D eigenvalue weighted by Gasteiger charge is 2.18. The van der Waals surface area contributed by atoms with E-state index in [1.807, 2.05) is 42.0 Å². The van der Waals surface area contributed by atoms with E-state index in [0.29, 0.717) is 29.2 Å². The quantitative estimate of drug-likeness (QED) is 0.637. The third-order valence-electron chi connectivity index (χ3n) is 5.17. The highest BCUT2D eigenvalue weighted by Crippen LogP contribution is 2.14. The Hall–Kier alpha value is -2.97. The molecule has 162 valence electrons. The lowest BCUT2D eigenvalue weighted by Crippen LogP contribution is -2.31. The fraction of sp³-hybridized carbons (Fsp3) is 0.348. The maximum atomic E-state index is 12.6. The van der Waals surface area contributed by atoms with E-state index >= 15 is 0 Å². The van der Waals surface area contributed by atoms with Crippen LogP contribution in [0.25, 0.3) is 0 Å². The number of nitrogens with one attached hydrogen (secondary N) is 1. The van der Waals surface area contributed by atoms with E-state index in [1.165, 1.54) is 11.3 Å². The standard InChI is InChI=1S/C23H25N3O4S/c1-15-5-3-6-17(11-15)21(27)25-23-26(16(2)14-31-23)13-19-8-9-20(30-19)22(28)24-12-18-7-4-10-29-18/h3,5-6,8-9,11,14,18H,4,7,10,12-13H2,1-2H3,(H,24,28). The summed E-state index contributed by atoms with van der Waals surface area (Å²) in [4.78, 5) is 29.8. The average molecular weight is 440 g/mol. The van der Waals surface area contributed by atoms with E-state index in [4.69, 9.17) is 9.15 Å². The number of nitrogens with zero attached hydrogens (tertiary/aromatic N) is 2. The monoisotopic (exact) mass is 439 g/mol. The molecule has 1 saturated heterocycles. The molecule has 0 bridgehead atoms. The van der Waals surface area contributed by atoms with E-state index in [-0.39, 0.29) is 23.7 Å². The van der Waals surface area contributed by atoms with Gasteiger partial charge in [0.05, 0.1) is 12.6 Å². The topological polar surface area (TPSA) is 85.8 Å². The van der Waals surface area contributed by atoms with Gasteiger partial charge in [-0.15, -0.1) is 11.3 Å². The van der Waals surface area contributed by atoms with Crippen molar-refractivity contribution in [3.8, 4) is 0 Å². The second-order valence-corrected chi connectivity index (χ2v) is 8.48. The molecule has 3 heterocycles. The minimum absolute atomic E-state index is 0.0810. The zero-order chi connectivity index (χ0) is 21.8. The van der Waals surface area contributed by atoms with E-state index in [0.717, 1.165) is 30.7 Å². The van der Waals surface area contributed by atoms with Crippen LogP contribution in [0.2, 0.25) is 0 Å². The first-order valence-corrected chi connectivity index (χ1v) is 11.2. The number of carbonyl (C=O) groups excluding carboxylic acids is 2. The lowest BCUT2D eigenvalue weighted by Gasteiger charge is -2.09. The van der Waals surface area contributed by atoms with Crippen molar-refractivity contribution in [3.63, 3.8) is 0 Å². The summed E-state index contributed by atoms with van der Waals surface area (Å²) in [5.41, 5.74) is 2.53. The molecule has 1 unspecified atom stereocenters. The van der Waals surface area contributed by atoms with Crippen LogP contribution in [0.3, 0.4) is 0 Å². The summed E-state index contributed by atoms with van der Waals surface area (Å²) in [5, 5.41) is 4.80. The Kier molecular flexibility index (Phi) is 6.48. The minimum atomic E-state index is -0.284. The largest absolute Gasteiger partial charge is 0.454 e. The van der Waals surface area contributed by atoms with Crippen molar-refractivity contribution in [3.05, 3.63) is 74.9 Å². The smallest absolute Gasteiger partial charge is 0.287 e. The van der Waals surface area contributed by atoms with Crippen molar-refractivity contribution >= 4 is 23.2 Å². The second-order valence-electron chi connectivity index (χ2n) is 7.64. The molecule has 1 aliphatic rings. The molecular formula is C23H25N3O4S. The number of amides is 2. The number of carbonyl (C=O) groups is 2. The molecule has 31 heavy (non-hydrogen) atoms. The normalized spacial score (nSPS) is 16.6. The van der Waals surface area contributed by atoms with Gasteiger partial charge in [-0.3, -0.25) is 9.59 Å². The number of rotatable bonds is 6. The number of hydrogen-bond donors (Lipinski definition) is 1. The Bertz CT molecular complexity index is 1150. The van der Waals surface area contributed by atoms with Crippen molar-refractivity contribution < 1.29 is 18.7 Å². The maximum Gasteiger partial charge on any atom is 0.287 e. The Morgan fingerprint density at radius 1 is 1.26 bits per heavy atom. The third-order valence-corrected chi connectivity index (χ3v) is 6.15. The molecular weight excluding hydrogens is 414 g/mol. The molecule has 1 N–H and O–H groups in total. The molecule has 1 aromatic carbocycles. The fourth-order valence-electron chi connectivity index (χ4n) is 3.46. The van der Waals surface area contributed by atoms with Crippen molar-refractivity contribution in [2.24, 2.45) is 4.99 Å².